The van der Waals surface area contributed by atoms with E-state index in [1.807, 2.05) is 0 Å². The van der Waals surface area contributed by atoms with E-state index in [0.717, 1.165) is 0 Å². The van der Waals surface area contributed by atoms with Gasteiger partial charge in [0.1, 0.15) is 0 Å². The molecule has 0 saturated carbocycles. The summed E-state index contributed by atoms with van der Waals surface area (Å²) < 4.78 is 4.99. The molecule has 0 fully saturated rings. The zero-order valence-electron chi connectivity index (χ0n) is 13.7. The van der Waals surface area contributed by atoms with Gasteiger partial charge < -0.3 is 19.9 Å². The monoisotopic (exact) mass is 287 g/mol. The Morgan fingerprint density at radius 2 is 1.75 bits per heavy atom. The number of carbonyl (C=O) groups is 2. The second kappa shape index (κ2) is 8.92. The molecule has 0 radical (unpaired) electrons. The number of methoxy groups -OCH3 is 1. The minimum absolute atomic E-state index is 0.0168. The van der Waals surface area contributed by atoms with Crippen LogP contribution in [0.3, 0.4) is 0 Å². The summed E-state index contributed by atoms with van der Waals surface area (Å²) in [6.07, 6.45) is 0.377. The van der Waals surface area contributed by atoms with Crippen molar-refractivity contribution >= 4 is 11.8 Å². The van der Waals surface area contributed by atoms with E-state index in [1.54, 1.807) is 26.1 Å². The molecule has 0 heterocycles. The van der Waals surface area contributed by atoms with Gasteiger partial charge in [-0.25, -0.2) is 0 Å². The van der Waals surface area contributed by atoms with E-state index in [4.69, 9.17) is 4.74 Å². The molecular weight excluding hydrogens is 258 g/mol. The van der Waals surface area contributed by atoms with Crippen LogP contribution in [0.5, 0.6) is 0 Å². The van der Waals surface area contributed by atoms with Gasteiger partial charge in [0.2, 0.25) is 11.8 Å². The lowest BCUT2D eigenvalue weighted by atomic mass is 10.1. The van der Waals surface area contributed by atoms with Crippen molar-refractivity contribution in [1.82, 2.24) is 15.1 Å². The van der Waals surface area contributed by atoms with Crippen molar-refractivity contribution in [3.63, 3.8) is 0 Å². The summed E-state index contributed by atoms with van der Waals surface area (Å²) in [7, 11) is 4.95. The van der Waals surface area contributed by atoms with Crippen molar-refractivity contribution in [3.05, 3.63) is 0 Å². The molecular formula is C14H29N3O3. The van der Waals surface area contributed by atoms with E-state index in [-0.39, 0.29) is 23.9 Å². The molecule has 0 atom stereocenters. The number of carbonyl (C=O) groups excluding carboxylic acids is 2. The first kappa shape index (κ1) is 18.9. The van der Waals surface area contributed by atoms with Gasteiger partial charge in [-0.05, 0) is 20.8 Å². The average molecular weight is 287 g/mol. The Morgan fingerprint density at radius 1 is 1.15 bits per heavy atom. The first-order valence-electron chi connectivity index (χ1n) is 6.89. The van der Waals surface area contributed by atoms with Gasteiger partial charge in [0.15, 0.2) is 0 Å². The quantitative estimate of drug-likeness (QED) is 0.699. The van der Waals surface area contributed by atoms with Crippen LogP contribution < -0.4 is 5.32 Å². The normalized spacial score (nSPS) is 11.3. The van der Waals surface area contributed by atoms with Crippen LogP contribution >= 0.6 is 0 Å². The lowest BCUT2D eigenvalue weighted by molar-refractivity contribution is -0.139. The van der Waals surface area contributed by atoms with Gasteiger partial charge in [0.05, 0.1) is 13.2 Å². The molecule has 0 unspecified atom stereocenters. The fraction of sp³-hybridized carbons (Fsp3) is 0.857. The lowest BCUT2D eigenvalue weighted by Crippen LogP contribution is -2.44. The SMILES string of the molecule is COCCN(CC(=O)N(C)C)C(=O)CCNC(C)(C)C. The van der Waals surface area contributed by atoms with Gasteiger partial charge in [-0.1, -0.05) is 0 Å². The number of likely N-dealkylation sites (N-methyl/N-ethyl adjacent to an activating group) is 1. The second-order valence-corrected chi connectivity index (χ2v) is 6.02. The molecule has 0 aromatic heterocycles. The highest BCUT2D eigenvalue weighted by Crippen LogP contribution is 2.00. The molecule has 0 aromatic carbocycles. The minimum Gasteiger partial charge on any atom is -0.383 e. The van der Waals surface area contributed by atoms with Crippen LogP contribution in [0.1, 0.15) is 27.2 Å². The maximum absolute atomic E-state index is 12.2. The predicted octanol–water partition coefficient (Wildman–Crippen LogP) is 0.328. The smallest absolute Gasteiger partial charge is 0.241 e. The van der Waals surface area contributed by atoms with Crippen molar-refractivity contribution in [2.24, 2.45) is 0 Å². The molecule has 0 spiro atoms. The zero-order chi connectivity index (χ0) is 15.8. The predicted molar refractivity (Wildman–Crippen MR) is 79.5 cm³/mol. The average Bonchev–Trinajstić information content (AvgIpc) is 2.32. The molecule has 0 bridgehead atoms. The highest BCUT2D eigenvalue weighted by Gasteiger charge is 2.18. The maximum Gasteiger partial charge on any atom is 0.241 e. The van der Waals surface area contributed by atoms with Gasteiger partial charge in [-0.3, -0.25) is 9.59 Å². The Morgan fingerprint density at radius 3 is 2.20 bits per heavy atom. The fourth-order valence-electron chi connectivity index (χ4n) is 1.50. The third kappa shape index (κ3) is 8.87. The molecule has 20 heavy (non-hydrogen) atoms. The number of amides is 2. The maximum atomic E-state index is 12.2. The van der Waals surface area contributed by atoms with Crippen LogP contribution in [0.2, 0.25) is 0 Å². The molecule has 0 saturated heterocycles. The van der Waals surface area contributed by atoms with E-state index >= 15 is 0 Å². The van der Waals surface area contributed by atoms with E-state index < -0.39 is 0 Å². The standard InChI is InChI=1S/C14H29N3O3/c1-14(2,3)15-8-7-12(18)17(9-10-20-6)11-13(19)16(4)5/h15H,7-11H2,1-6H3. The van der Waals surface area contributed by atoms with Gasteiger partial charge in [-0.2, -0.15) is 0 Å². The number of hydrogen-bond donors (Lipinski definition) is 1. The van der Waals surface area contributed by atoms with E-state index in [2.05, 4.69) is 26.1 Å². The van der Waals surface area contributed by atoms with Crippen LogP contribution in [0, 0.1) is 0 Å². The molecule has 2 amide bonds. The van der Waals surface area contributed by atoms with Crippen molar-refractivity contribution in [2.75, 3.05) is 47.4 Å². The highest BCUT2D eigenvalue weighted by molar-refractivity contribution is 5.84. The van der Waals surface area contributed by atoms with Gasteiger partial charge in [0.25, 0.3) is 0 Å². The molecule has 0 aromatic rings. The molecule has 1 N–H and O–H groups in total. The Balaban J connectivity index is 4.37. The van der Waals surface area contributed by atoms with Crippen LogP contribution in [0.25, 0.3) is 0 Å². The molecule has 6 nitrogen and oxygen atoms in total. The number of nitrogens with zero attached hydrogens (tertiary/aromatic N) is 2. The third-order valence-electron chi connectivity index (χ3n) is 2.74. The summed E-state index contributed by atoms with van der Waals surface area (Å²) in [5.41, 5.74) is -0.0168. The second-order valence-electron chi connectivity index (χ2n) is 6.02. The van der Waals surface area contributed by atoms with Crippen molar-refractivity contribution in [3.8, 4) is 0 Å². The first-order valence-corrected chi connectivity index (χ1v) is 6.89. The molecule has 118 valence electrons. The Bertz CT molecular complexity index is 311. The van der Waals surface area contributed by atoms with E-state index in [1.165, 1.54) is 4.90 Å². The van der Waals surface area contributed by atoms with E-state index in [0.29, 0.717) is 26.1 Å². The highest BCUT2D eigenvalue weighted by atomic mass is 16.5. The molecule has 0 aliphatic rings. The molecule has 0 aliphatic heterocycles. The van der Waals surface area contributed by atoms with Gasteiger partial charge >= 0.3 is 0 Å². The van der Waals surface area contributed by atoms with Crippen LogP contribution in [-0.2, 0) is 14.3 Å². The Kier molecular flexibility index (Phi) is 8.41. The Hall–Kier alpha value is -1.14. The number of rotatable bonds is 8. The number of nitrogens with one attached hydrogen (secondary N) is 1. The van der Waals surface area contributed by atoms with Gasteiger partial charge in [-0.15, -0.1) is 0 Å². The van der Waals surface area contributed by atoms with Crippen molar-refractivity contribution < 1.29 is 14.3 Å². The summed E-state index contributed by atoms with van der Waals surface area (Å²) in [5, 5.41) is 3.27. The summed E-state index contributed by atoms with van der Waals surface area (Å²) in [5.74, 6) is -0.118. The third-order valence-corrected chi connectivity index (χ3v) is 2.74. The molecule has 6 heteroatoms. The first-order chi connectivity index (χ1) is 9.17. The topological polar surface area (TPSA) is 61.9 Å². The summed E-state index contributed by atoms with van der Waals surface area (Å²) in [4.78, 5) is 26.9. The summed E-state index contributed by atoms with van der Waals surface area (Å²) in [6.45, 7) is 7.72. The lowest BCUT2D eigenvalue weighted by Gasteiger charge is -2.25. The van der Waals surface area contributed by atoms with Gasteiger partial charge in [0, 0.05) is 46.3 Å². The largest absolute Gasteiger partial charge is 0.383 e. The van der Waals surface area contributed by atoms with Crippen molar-refractivity contribution in [2.45, 2.75) is 32.7 Å². The summed E-state index contributed by atoms with van der Waals surface area (Å²) in [6, 6.07) is 0. The van der Waals surface area contributed by atoms with Crippen molar-refractivity contribution in [1.29, 1.82) is 0 Å². The summed E-state index contributed by atoms with van der Waals surface area (Å²) >= 11 is 0. The molecule has 0 rings (SSSR count). The minimum atomic E-state index is -0.0850. The fourth-order valence-corrected chi connectivity index (χ4v) is 1.50. The van der Waals surface area contributed by atoms with Crippen LogP contribution in [0.4, 0.5) is 0 Å². The van der Waals surface area contributed by atoms with Crippen LogP contribution in [0.15, 0.2) is 0 Å². The van der Waals surface area contributed by atoms with Crippen LogP contribution in [-0.4, -0.2) is 74.6 Å². The van der Waals surface area contributed by atoms with E-state index in [9.17, 15) is 9.59 Å². The number of ether oxygens (including phenoxy) is 1. The zero-order valence-corrected chi connectivity index (χ0v) is 13.7. The number of hydrogen-bond acceptors (Lipinski definition) is 4. The molecule has 0 aliphatic carbocycles. The Labute approximate surface area is 122 Å².